The van der Waals surface area contributed by atoms with Gasteiger partial charge in [0.15, 0.2) is 0 Å². The van der Waals surface area contributed by atoms with Gasteiger partial charge < -0.3 is 0 Å². The first kappa shape index (κ1) is 10.7. The minimum atomic E-state index is -0.0475. The third-order valence-corrected chi connectivity index (χ3v) is 2.49. The molecule has 1 aromatic rings. The number of hydrogen-bond donors (Lipinski definition) is 0. The molecule has 0 radical (unpaired) electrons. The van der Waals surface area contributed by atoms with Crippen LogP contribution in [0.4, 0.5) is 0 Å². The number of benzene rings is 1. The first-order chi connectivity index (χ1) is 6.66. The van der Waals surface area contributed by atoms with Gasteiger partial charge in [0.2, 0.25) is 0 Å². The quantitative estimate of drug-likeness (QED) is 0.663. The van der Waals surface area contributed by atoms with Crippen LogP contribution in [0.2, 0.25) is 0 Å². The van der Waals surface area contributed by atoms with E-state index in [0.717, 1.165) is 5.56 Å². The second-order valence-corrected chi connectivity index (χ2v) is 3.59. The lowest BCUT2D eigenvalue weighted by Gasteiger charge is -2.18. The van der Waals surface area contributed by atoms with Crippen LogP contribution in [0.5, 0.6) is 0 Å². The Bertz CT molecular complexity index is 313. The summed E-state index contributed by atoms with van der Waals surface area (Å²) in [5, 5.41) is 0. The highest BCUT2D eigenvalue weighted by atomic mass is 16.1. The Labute approximate surface area is 85.5 Å². The number of rotatable bonds is 4. The Morgan fingerprint density at radius 3 is 2.36 bits per heavy atom. The third kappa shape index (κ3) is 2.32. The summed E-state index contributed by atoms with van der Waals surface area (Å²) in [7, 11) is 0. The standard InChI is InChI=1S/C13H16O/c1-4-10(2)13(11(3)14)12-8-6-5-7-9-12/h4-10,13H,1H2,2-3H3. The Hall–Kier alpha value is -1.37. The van der Waals surface area contributed by atoms with Gasteiger partial charge in [-0.15, -0.1) is 6.58 Å². The fourth-order valence-electron chi connectivity index (χ4n) is 1.70. The molecule has 1 rings (SSSR count). The van der Waals surface area contributed by atoms with E-state index in [4.69, 9.17) is 0 Å². The van der Waals surface area contributed by atoms with Gasteiger partial charge in [-0.2, -0.15) is 0 Å². The summed E-state index contributed by atoms with van der Waals surface area (Å²) >= 11 is 0. The lowest BCUT2D eigenvalue weighted by molar-refractivity contribution is -0.119. The van der Waals surface area contributed by atoms with E-state index < -0.39 is 0 Å². The van der Waals surface area contributed by atoms with Crippen molar-refractivity contribution in [3.8, 4) is 0 Å². The second kappa shape index (κ2) is 4.75. The number of carbonyl (C=O) groups is 1. The van der Waals surface area contributed by atoms with Crippen LogP contribution in [-0.2, 0) is 4.79 Å². The van der Waals surface area contributed by atoms with Crippen molar-refractivity contribution in [3.63, 3.8) is 0 Å². The molecule has 14 heavy (non-hydrogen) atoms. The van der Waals surface area contributed by atoms with Gasteiger partial charge in [-0.3, -0.25) is 4.79 Å². The summed E-state index contributed by atoms with van der Waals surface area (Å²) in [6.07, 6.45) is 1.83. The third-order valence-electron chi connectivity index (χ3n) is 2.49. The summed E-state index contributed by atoms with van der Waals surface area (Å²) in [5.74, 6) is 0.340. The van der Waals surface area contributed by atoms with Crippen molar-refractivity contribution in [2.24, 2.45) is 5.92 Å². The molecule has 0 heterocycles. The van der Waals surface area contributed by atoms with E-state index in [2.05, 4.69) is 6.58 Å². The molecule has 0 N–H and O–H groups in total. The van der Waals surface area contributed by atoms with Gasteiger partial charge in [-0.1, -0.05) is 43.3 Å². The molecule has 0 fully saturated rings. The average Bonchev–Trinajstić information content (AvgIpc) is 2.19. The predicted molar refractivity (Wildman–Crippen MR) is 59.2 cm³/mol. The summed E-state index contributed by atoms with van der Waals surface area (Å²) < 4.78 is 0. The summed E-state index contributed by atoms with van der Waals surface area (Å²) in [6, 6.07) is 9.86. The molecule has 0 saturated carbocycles. The number of hydrogen-bond acceptors (Lipinski definition) is 1. The molecule has 1 nitrogen and oxygen atoms in total. The van der Waals surface area contributed by atoms with E-state index in [1.54, 1.807) is 6.92 Å². The molecule has 0 bridgehead atoms. The van der Waals surface area contributed by atoms with Gasteiger partial charge in [0, 0.05) is 5.92 Å². The molecule has 0 aliphatic heterocycles. The molecule has 0 spiro atoms. The number of allylic oxidation sites excluding steroid dienone is 1. The maximum Gasteiger partial charge on any atom is 0.137 e. The van der Waals surface area contributed by atoms with Crippen molar-refractivity contribution >= 4 is 5.78 Å². The van der Waals surface area contributed by atoms with E-state index in [9.17, 15) is 4.79 Å². The van der Waals surface area contributed by atoms with Crippen LogP contribution in [0.25, 0.3) is 0 Å². The van der Waals surface area contributed by atoms with E-state index in [1.807, 2.05) is 43.3 Å². The first-order valence-corrected chi connectivity index (χ1v) is 4.84. The Morgan fingerprint density at radius 2 is 1.93 bits per heavy atom. The zero-order chi connectivity index (χ0) is 10.6. The van der Waals surface area contributed by atoms with Crippen LogP contribution in [-0.4, -0.2) is 5.78 Å². The highest BCUT2D eigenvalue weighted by Gasteiger charge is 2.20. The lowest BCUT2D eigenvalue weighted by atomic mass is 9.84. The minimum Gasteiger partial charge on any atom is -0.299 e. The summed E-state index contributed by atoms with van der Waals surface area (Å²) in [4.78, 5) is 11.5. The monoisotopic (exact) mass is 188 g/mol. The smallest absolute Gasteiger partial charge is 0.137 e. The zero-order valence-corrected chi connectivity index (χ0v) is 8.73. The molecule has 1 aromatic carbocycles. The van der Waals surface area contributed by atoms with Crippen molar-refractivity contribution in [1.82, 2.24) is 0 Å². The van der Waals surface area contributed by atoms with Gasteiger partial charge in [-0.25, -0.2) is 0 Å². The van der Waals surface area contributed by atoms with E-state index in [-0.39, 0.29) is 17.6 Å². The van der Waals surface area contributed by atoms with Crippen LogP contribution in [0.15, 0.2) is 43.0 Å². The molecule has 0 aliphatic rings. The van der Waals surface area contributed by atoms with Gasteiger partial charge >= 0.3 is 0 Å². The topological polar surface area (TPSA) is 17.1 Å². The van der Waals surface area contributed by atoms with Crippen LogP contribution in [0, 0.1) is 5.92 Å². The fourth-order valence-corrected chi connectivity index (χ4v) is 1.70. The first-order valence-electron chi connectivity index (χ1n) is 4.84. The molecule has 0 aromatic heterocycles. The number of ketones is 1. The molecule has 74 valence electrons. The number of Topliss-reactive ketones (excluding diaryl/α,β-unsaturated/α-hetero) is 1. The normalized spacial score (nSPS) is 14.4. The Morgan fingerprint density at radius 1 is 1.36 bits per heavy atom. The van der Waals surface area contributed by atoms with Gasteiger partial charge in [-0.05, 0) is 18.4 Å². The van der Waals surface area contributed by atoms with Crippen molar-refractivity contribution < 1.29 is 4.79 Å². The van der Waals surface area contributed by atoms with Crippen molar-refractivity contribution in [3.05, 3.63) is 48.6 Å². The van der Waals surface area contributed by atoms with Crippen molar-refractivity contribution in [2.45, 2.75) is 19.8 Å². The predicted octanol–water partition coefficient (Wildman–Crippen LogP) is 3.18. The van der Waals surface area contributed by atoms with Gasteiger partial charge in [0.1, 0.15) is 5.78 Å². The van der Waals surface area contributed by atoms with E-state index >= 15 is 0 Å². The molecular weight excluding hydrogens is 172 g/mol. The van der Waals surface area contributed by atoms with Gasteiger partial charge in [0.25, 0.3) is 0 Å². The molecule has 0 aliphatic carbocycles. The summed E-state index contributed by atoms with van der Waals surface area (Å²) in [5.41, 5.74) is 1.08. The van der Waals surface area contributed by atoms with E-state index in [0.29, 0.717) is 0 Å². The molecule has 2 atom stereocenters. The number of carbonyl (C=O) groups excluding carboxylic acids is 1. The van der Waals surface area contributed by atoms with Crippen molar-refractivity contribution in [1.29, 1.82) is 0 Å². The summed E-state index contributed by atoms with van der Waals surface area (Å²) in [6.45, 7) is 7.39. The second-order valence-electron chi connectivity index (χ2n) is 3.59. The molecule has 0 saturated heterocycles. The van der Waals surface area contributed by atoms with Crippen molar-refractivity contribution in [2.75, 3.05) is 0 Å². The molecular formula is C13H16O. The fraction of sp³-hybridized carbons (Fsp3) is 0.308. The minimum absolute atomic E-state index is 0.0475. The average molecular weight is 188 g/mol. The lowest BCUT2D eigenvalue weighted by Crippen LogP contribution is -2.15. The van der Waals surface area contributed by atoms with Crippen LogP contribution < -0.4 is 0 Å². The maximum atomic E-state index is 11.5. The van der Waals surface area contributed by atoms with Crippen LogP contribution in [0.3, 0.4) is 0 Å². The van der Waals surface area contributed by atoms with Gasteiger partial charge in [0.05, 0.1) is 0 Å². The van der Waals surface area contributed by atoms with E-state index in [1.165, 1.54) is 0 Å². The van der Waals surface area contributed by atoms with Crippen LogP contribution in [0.1, 0.15) is 25.3 Å². The highest BCUT2D eigenvalue weighted by Crippen LogP contribution is 2.25. The zero-order valence-electron chi connectivity index (χ0n) is 8.73. The SMILES string of the molecule is C=CC(C)C(C(C)=O)c1ccccc1. The molecule has 2 unspecified atom stereocenters. The molecule has 0 amide bonds. The highest BCUT2D eigenvalue weighted by molar-refractivity contribution is 5.83. The molecule has 1 heteroatoms. The maximum absolute atomic E-state index is 11.5. The van der Waals surface area contributed by atoms with Crippen LogP contribution >= 0.6 is 0 Å². The Kier molecular flexibility index (Phi) is 3.63. The Balaban J connectivity index is 3.00. The largest absolute Gasteiger partial charge is 0.299 e.